The average molecular weight is 448 g/mol. The molecule has 1 aromatic rings. The van der Waals surface area contributed by atoms with Crippen molar-refractivity contribution < 1.29 is 14.4 Å². The van der Waals surface area contributed by atoms with Crippen molar-refractivity contribution in [2.75, 3.05) is 32.7 Å². The van der Waals surface area contributed by atoms with E-state index in [9.17, 15) is 14.4 Å². The van der Waals surface area contributed by atoms with Crippen molar-refractivity contribution in [1.29, 1.82) is 0 Å². The van der Waals surface area contributed by atoms with Gasteiger partial charge < -0.3 is 10.2 Å². The number of halogens is 1. The molecule has 0 aromatic heterocycles. The second-order valence-corrected chi connectivity index (χ2v) is 9.17. The highest BCUT2D eigenvalue weighted by Crippen LogP contribution is 2.36. The molecule has 3 heterocycles. The van der Waals surface area contributed by atoms with Gasteiger partial charge >= 0.3 is 0 Å². The Morgan fingerprint density at radius 2 is 1.93 bits per heavy atom. The number of hydrogen-bond donors (Lipinski definition) is 1. The Bertz CT molecular complexity index is 799. The van der Waals surface area contributed by atoms with Crippen LogP contribution in [0.3, 0.4) is 0 Å². The molecule has 2 saturated heterocycles. The highest BCUT2D eigenvalue weighted by atomic mass is 79.9. The van der Waals surface area contributed by atoms with Crippen molar-refractivity contribution in [2.45, 2.75) is 38.5 Å². The van der Waals surface area contributed by atoms with E-state index in [-0.39, 0.29) is 29.7 Å². The number of nitrogens with zero attached hydrogens (tertiary/aromatic N) is 2. The van der Waals surface area contributed by atoms with E-state index < -0.39 is 0 Å². The highest BCUT2D eigenvalue weighted by molar-refractivity contribution is 9.10. The van der Waals surface area contributed by atoms with Crippen LogP contribution in [0.1, 0.15) is 59.2 Å². The number of amides is 3. The highest BCUT2D eigenvalue weighted by Gasteiger charge is 2.38. The van der Waals surface area contributed by atoms with E-state index in [2.05, 4.69) is 21.2 Å². The van der Waals surface area contributed by atoms with Gasteiger partial charge in [0.15, 0.2) is 0 Å². The van der Waals surface area contributed by atoms with Crippen LogP contribution in [0.15, 0.2) is 22.7 Å². The van der Waals surface area contributed by atoms with Crippen molar-refractivity contribution in [3.05, 3.63) is 33.8 Å². The van der Waals surface area contributed by atoms with Gasteiger partial charge in [-0.1, -0.05) is 15.9 Å². The molecule has 0 aliphatic carbocycles. The van der Waals surface area contributed by atoms with Crippen LogP contribution in [0.25, 0.3) is 0 Å². The molecule has 0 bridgehead atoms. The number of piperidine rings is 2. The first-order chi connectivity index (χ1) is 13.5. The maximum atomic E-state index is 12.7. The van der Waals surface area contributed by atoms with Crippen molar-refractivity contribution in [3.63, 3.8) is 0 Å². The molecule has 0 saturated carbocycles. The Kier molecular flexibility index (Phi) is 5.56. The fraction of sp³-hybridized carbons (Fsp3) is 0.571. The van der Waals surface area contributed by atoms with Crippen molar-refractivity contribution >= 4 is 33.7 Å². The number of likely N-dealkylation sites (tertiary alicyclic amines) is 1. The van der Waals surface area contributed by atoms with Crippen LogP contribution in [-0.2, 0) is 4.79 Å². The van der Waals surface area contributed by atoms with Gasteiger partial charge in [-0.15, -0.1) is 0 Å². The third-order valence-corrected chi connectivity index (χ3v) is 6.77. The zero-order valence-corrected chi connectivity index (χ0v) is 17.6. The van der Waals surface area contributed by atoms with Crippen LogP contribution in [-0.4, -0.2) is 60.2 Å². The number of carbonyl (C=O) groups excluding carboxylic acids is 3. The van der Waals surface area contributed by atoms with Gasteiger partial charge in [0.1, 0.15) is 0 Å². The van der Waals surface area contributed by atoms with Crippen LogP contribution in [0, 0.1) is 5.41 Å². The lowest BCUT2D eigenvalue weighted by Gasteiger charge is -2.45. The molecule has 1 N–H and O–H groups in total. The smallest absolute Gasteiger partial charge is 0.261 e. The summed E-state index contributed by atoms with van der Waals surface area (Å²) in [5, 5.41) is 3.48. The van der Waals surface area contributed by atoms with E-state index in [0.717, 1.165) is 37.1 Å². The van der Waals surface area contributed by atoms with Gasteiger partial charge in [0, 0.05) is 42.5 Å². The largest absolute Gasteiger partial charge is 0.342 e. The SMILES string of the molecule is O=C(CCCN1C(=O)c2ccc(Br)cc2C1=O)N1CCCC2(CCCNC2)C1. The fourth-order valence-corrected chi connectivity index (χ4v) is 5.17. The number of imide groups is 1. The topological polar surface area (TPSA) is 69.7 Å². The van der Waals surface area contributed by atoms with E-state index in [0.29, 0.717) is 24.0 Å². The maximum Gasteiger partial charge on any atom is 0.261 e. The van der Waals surface area contributed by atoms with Gasteiger partial charge in [0.2, 0.25) is 5.91 Å². The molecular formula is C21H26BrN3O3. The Balaban J connectivity index is 1.31. The second kappa shape index (κ2) is 7.95. The summed E-state index contributed by atoms with van der Waals surface area (Å²) in [5.41, 5.74) is 1.12. The summed E-state index contributed by atoms with van der Waals surface area (Å²) in [7, 11) is 0. The minimum Gasteiger partial charge on any atom is -0.342 e. The Morgan fingerprint density at radius 1 is 1.14 bits per heavy atom. The predicted octanol–water partition coefficient (Wildman–Crippen LogP) is 2.82. The normalized spacial score (nSPS) is 24.8. The summed E-state index contributed by atoms with van der Waals surface area (Å²) in [4.78, 5) is 41.0. The molecule has 3 aliphatic heterocycles. The summed E-state index contributed by atoms with van der Waals surface area (Å²) in [6.07, 6.45) is 5.50. The molecule has 0 radical (unpaired) electrons. The van der Waals surface area contributed by atoms with Gasteiger partial charge in [-0.05, 0) is 56.8 Å². The Labute approximate surface area is 173 Å². The summed E-state index contributed by atoms with van der Waals surface area (Å²) in [6, 6.07) is 5.13. The molecular weight excluding hydrogens is 422 g/mol. The molecule has 3 aliphatic rings. The van der Waals surface area contributed by atoms with Gasteiger partial charge in [-0.2, -0.15) is 0 Å². The quantitative estimate of drug-likeness (QED) is 0.720. The lowest BCUT2D eigenvalue weighted by Crippen LogP contribution is -2.52. The molecule has 1 aromatic carbocycles. The van der Waals surface area contributed by atoms with Gasteiger partial charge in [0.05, 0.1) is 11.1 Å². The standard InChI is InChI=1S/C21H26BrN3O3/c22-15-5-6-16-17(12-15)20(28)25(19(16)27)11-1-4-18(26)24-10-3-8-21(14-24)7-2-9-23-13-21/h5-6,12,23H,1-4,7-11,13-14H2. The molecule has 2 fully saturated rings. The van der Waals surface area contributed by atoms with Crippen LogP contribution in [0.5, 0.6) is 0 Å². The second-order valence-electron chi connectivity index (χ2n) is 8.25. The van der Waals surface area contributed by atoms with Crippen molar-refractivity contribution in [1.82, 2.24) is 15.1 Å². The molecule has 6 nitrogen and oxygen atoms in total. The third kappa shape index (κ3) is 3.74. The van der Waals surface area contributed by atoms with E-state index >= 15 is 0 Å². The lowest BCUT2D eigenvalue weighted by molar-refractivity contribution is -0.135. The van der Waals surface area contributed by atoms with Crippen LogP contribution >= 0.6 is 15.9 Å². The Morgan fingerprint density at radius 3 is 2.71 bits per heavy atom. The third-order valence-electron chi connectivity index (χ3n) is 6.28. The van der Waals surface area contributed by atoms with Gasteiger partial charge in [-0.25, -0.2) is 0 Å². The number of benzene rings is 1. The fourth-order valence-electron chi connectivity index (χ4n) is 4.81. The average Bonchev–Trinajstić information content (AvgIpc) is 2.92. The van der Waals surface area contributed by atoms with E-state index in [4.69, 9.17) is 0 Å². The molecule has 28 heavy (non-hydrogen) atoms. The van der Waals surface area contributed by atoms with Crippen molar-refractivity contribution in [2.24, 2.45) is 5.41 Å². The first kappa shape index (κ1) is 19.6. The van der Waals surface area contributed by atoms with Gasteiger partial charge in [0.25, 0.3) is 11.8 Å². The summed E-state index contributed by atoms with van der Waals surface area (Å²) in [6.45, 7) is 4.02. The predicted molar refractivity (Wildman–Crippen MR) is 109 cm³/mol. The van der Waals surface area contributed by atoms with Crippen LogP contribution in [0.4, 0.5) is 0 Å². The number of carbonyl (C=O) groups is 3. The minimum atomic E-state index is -0.265. The summed E-state index contributed by atoms with van der Waals surface area (Å²) >= 11 is 3.34. The summed E-state index contributed by atoms with van der Waals surface area (Å²) < 4.78 is 0.778. The summed E-state index contributed by atoms with van der Waals surface area (Å²) in [5.74, 6) is -0.381. The van der Waals surface area contributed by atoms with Crippen LogP contribution < -0.4 is 5.32 Å². The van der Waals surface area contributed by atoms with Crippen LogP contribution in [0.2, 0.25) is 0 Å². The molecule has 7 heteroatoms. The lowest BCUT2D eigenvalue weighted by atomic mass is 9.74. The number of hydrogen-bond acceptors (Lipinski definition) is 4. The monoisotopic (exact) mass is 447 g/mol. The molecule has 1 atom stereocenters. The maximum absolute atomic E-state index is 12.7. The zero-order valence-electron chi connectivity index (χ0n) is 16.0. The van der Waals surface area contributed by atoms with E-state index in [1.165, 1.54) is 24.2 Å². The number of nitrogens with one attached hydrogen (secondary N) is 1. The first-order valence-electron chi connectivity index (χ1n) is 10.1. The van der Waals surface area contributed by atoms with Crippen molar-refractivity contribution in [3.8, 4) is 0 Å². The first-order valence-corrected chi connectivity index (χ1v) is 10.9. The molecule has 1 unspecified atom stereocenters. The molecule has 4 rings (SSSR count). The van der Waals surface area contributed by atoms with Gasteiger partial charge in [-0.3, -0.25) is 19.3 Å². The zero-order chi connectivity index (χ0) is 19.7. The number of fused-ring (bicyclic) bond motifs is 1. The minimum absolute atomic E-state index is 0.143. The molecule has 150 valence electrons. The number of rotatable bonds is 4. The Hall–Kier alpha value is -1.73. The molecule has 3 amide bonds. The van der Waals surface area contributed by atoms with E-state index in [1.807, 2.05) is 4.90 Å². The molecule has 1 spiro atoms. The van der Waals surface area contributed by atoms with E-state index in [1.54, 1.807) is 18.2 Å².